The monoisotopic (exact) mass is 299 g/mol. The molecular weight excluding hydrogens is 281 g/mol. The number of nitrogen functional groups attached to an aromatic ring is 1. The topological polar surface area (TPSA) is 84.2 Å². The molecule has 0 aliphatic heterocycles. The fourth-order valence-corrected chi connectivity index (χ4v) is 2.19. The third-order valence-electron chi connectivity index (χ3n) is 2.33. The molecule has 4 N–H and O–H groups in total. The van der Waals surface area contributed by atoms with Crippen molar-refractivity contribution in [1.82, 2.24) is 10.6 Å². The summed E-state index contributed by atoms with van der Waals surface area (Å²) in [5.41, 5.74) is 5.79. The van der Waals surface area contributed by atoms with E-state index in [1.165, 1.54) is 12.1 Å². The Hall–Kier alpha value is -1.76. The van der Waals surface area contributed by atoms with E-state index in [-0.39, 0.29) is 5.75 Å². The van der Waals surface area contributed by atoms with E-state index < -0.39 is 17.8 Å². The number of imide groups is 1. The number of amides is 3. The molecule has 0 aliphatic rings. The van der Waals surface area contributed by atoms with E-state index >= 15 is 0 Å². The summed E-state index contributed by atoms with van der Waals surface area (Å²) in [6.45, 7) is 2.54. The molecule has 0 aliphatic carbocycles. The fraction of sp³-hybridized carbons (Fsp3) is 0.385. The average molecular weight is 299 g/mol. The highest BCUT2D eigenvalue weighted by Crippen LogP contribution is 2.21. The standard InChI is InChI=1S/C13H18FN3O2S/c1-2-3-4-16-13(19)17-12(18)8-20-11-6-9(14)5-10(15)7-11/h5-7H,2-4,8,15H2,1H3,(H2,16,17,18,19). The lowest BCUT2D eigenvalue weighted by molar-refractivity contribution is -0.117. The number of thioether (sulfide) groups is 1. The molecule has 0 heterocycles. The maximum absolute atomic E-state index is 13.1. The molecule has 0 bridgehead atoms. The van der Waals surface area contributed by atoms with Gasteiger partial charge >= 0.3 is 6.03 Å². The molecule has 0 aromatic heterocycles. The number of rotatable bonds is 6. The minimum Gasteiger partial charge on any atom is -0.399 e. The van der Waals surface area contributed by atoms with Gasteiger partial charge in [-0.2, -0.15) is 0 Å². The predicted molar refractivity (Wildman–Crippen MR) is 78.0 cm³/mol. The first-order valence-corrected chi connectivity index (χ1v) is 7.26. The summed E-state index contributed by atoms with van der Waals surface area (Å²) in [6, 6.07) is 3.55. The van der Waals surface area contributed by atoms with Crippen molar-refractivity contribution in [3.05, 3.63) is 24.0 Å². The van der Waals surface area contributed by atoms with Crippen LogP contribution in [0.25, 0.3) is 0 Å². The maximum Gasteiger partial charge on any atom is 0.321 e. The Morgan fingerprint density at radius 3 is 2.75 bits per heavy atom. The van der Waals surface area contributed by atoms with Crippen LogP contribution in [0, 0.1) is 5.82 Å². The normalized spacial score (nSPS) is 10.1. The number of urea groups is 1. The highest BCUT2D eigenvalue weighted by Gasteiger charge is 2.08. The van der Waals surface area contributed by atoms with Crippen molar-refractivity contribution in [3.8, 4) is 0 Å². The summed E-state index contributed by atoms with van der Waals surface area (Å²) >= 11 is 1.12. The summed E-state index contributed by atoms with van der Waals surface area (Å²) in [5.74, 6) is -0.874. The summed E-state index contributed by atoms with van der Waals surface area (Å²) in [6.07, 6.45) is 1.82. The molecule has 110 valence electrons. The molecule has 0 radical (unpaired) electrons. The highest BCUT2D eigenvalue weighted by atomic mass is 32.2. The van der Waals surface area contributed by atoms with Crippen LogP contribution >= 0.6 is 11.8 Å². The maximum atomic E-state index is 13.1. The zero-order valence-corrected chi connectivity index (χ0v) is 12.1. The Bertz CT molecular complexity index is 462. The van der Waals surface area contributed by atoms with Crippen LogP contribution < -0.4 is 16.4 Å². The van der Waals surface area contributed by atoms with Gasteiger partial charge in [-0.25, -0.2) is 9.18 Å². The first-order chi connectivity index (χ1) is 9.51. The number of carbonyl (C=O) groups excluding carboxylic acids is 2. The van der Waals surface area contributed by atoms with Gasteiger partial charge < -0.3 is 11.1 Å². The first-order valence-electron chi connectivity index (χ1n) is 6.27. The van der Waals surface area contributed by atoms with Crippen LogP contribution in [-0.2, 0) is 4.79 Å². The lowest BCUT2D eigenvalue weighted by Crippen LogP contribution is -2.40. The summed E-state index contributed by atoms with van der Waals surface area (Å²) < 4.78 is 13.1. The Morgan fingerprint density at radius 1 is 1.35 bits per heavy atom. The zero-order chi connectivity index (χ0) is 15.0. The van der Waals surface area contributed by atoms with Crippen LogP contribution in [-0.4, -0.2) is 24.2 Å². The second-order valence-electron chi connectivity index (χ2n) is 4.17. The molecule has 0 spiro atoms. The van der Waals surface area contributed by atoms with Crippen molar-refractivity contribution < 1.29 is 14.0 Å². The van der Waals surface area contributed by atoms with Crippen LogP contribution in [0.2, 0.25) is 0 Å². The highest BCUT2D eigenvalue weighted by molar-refractivity contribution is 8.00. The van der Waals surface area contributed by atoms with Gasteiger partial charge in [0.05, 0.1) is 5.75 Å². The van der Waals surface area contributed by atoms with Gasteiger partial charge in [0.1, 0.15) is 5.82 Å². The van der Waals surface area contributed by atoms with Crippen molar-refractivity contribution in [2.24, 2.45) is 0 Å². The molecule has 0 unspecified atom stereocenters. The molecule has 20 heavy (non-hydrogen) atoms. The average Bonchev–Trinajstić information content (AvgIpc) is 2.35. The molecule has 0 saturated carbocycles. The molecular formula is C13H18FN3O2S. The number of hydrogen-bond donors (Lipinski definition) is 3. The lowest BCUT2D eigenvalue weighted by atomic mass is 10.3. The van der Waals surface area contributed by atoms with Crippen LogP contribution in [0.4, 0.5) is 14.9 Å². The van der Waals surface area contributed by atoms with E-state index in [2.05, 4.69) is 10.6 Å². The number of hydrogen-bond acceptors (Lipinski definition) is 4. The number of carbonyl (C=O) groups is 2. The van der Waals surface area contributed by atoms with Gasteiger partial charge in [0.25, 0.3) is 0 Å². The second-order valence-corrected chi connectivity index (χ2v) is 5.22. The lowest BCUT2D eigenvalue weighted by Gasteiger charge is -2.06. The summed E-state index contributed by atoms with van der Waals surface area (Å²) in [5, 5.41) is 4.77. The van der Waals surface area contributed by atoms with Gasteiger partial charge in [0.2, 0.25) is 5.91 Å². The van der Waals surface area contributed by atoms with Crippen molar-refractivity contribution in [2.75, 3.05) is 18.0 Å². The molecule has 1 aromatic carbocycles. The van der Waals surface area contributed by atoms with Gasteiger partial charge in [-0.3, -0.25) is 10.1 Å². The largest absolute Gasteiger partial charge is 0.399 e. The number of nitrogens with one attached hydrogen (secondary N) is 2. The second kappa shape index (κ2) is 8.42. The number of unbranched alkanes of at least 4 members (excludes halogenated alkanes) is 1. The molecule has 5 nitrogen and oxygen atoms in total. The van der Waals surface area contributed by atoms with E-state index in [0.29, 0.717) is 17.1 Å². The zero-order valence-electron chi connectivity index (χ0n) is 11.2. The Morgan fingerprint density at radius 2 is 2.10 bits per heavy atom. The minimum atomic E-state index is -0.511. The third kappa shape index (κ3) is 6.42. The number of anilines is 1. The van der Waals surface area contributed by atoms with Gasteiger partial charge in [-0.1, -0.05) is 13.3 Å². The van der Waals surface area contributed by atoms with E-state index in [4.69, 9.17) is 5.73 Å². The van der Waals surface area contributed by atoms with Crippen LogP contribution in [0.5, 0.6) is 0 Å². The Labute approximate surface area is 121 Å². The van der Waals surface area contributed by atoms with E-state index in [1.807, 2.05) is 6.92 Å². The number of nitrogens with two attached hydrogens (primary N) is 1. The SMILES string of the molecule is CCCCNC(=O)NC(=O)CSc1cc(N)cc(F)c1. The fourth-order valence-electron chi connectivity index (χ4n) is 1.40. The molecule has 1 rings (SSSR count). The summed E-state index contributed by atoms with van der Waals surface area (Å²) in [7, 11) is 0. The molecule has 7 heteroatoms. The van der Waals surface area contributed by atoms with Gasteiger partial charge in [0.15, 0.2) is 0 Å². The van der Waals surface area contributed by atoms with Crippen LogP contribution in [0.3, 0.4) is 0 Å². The molecule has 3 amide bonds. The van der Waals surface area contributed by atoms with Gasteiger partial charge in [-0.05, 0) is 24.6 Å². The minimum absolute atomic E-state index is 0.0179. The smallest absolute Gasteiger partial charge is 0.321 e. The van der Waals surface area contributed by atoms with Crippen molar-refractivity contribution in [3.63, 3.8) is 0 Å². The predicted octanol–water partition coefficient (Wildman–Crippen LogP) is 2.13. The Balaban J connectivity index is 2.34. The molecule has 0 saturated heterocycles. The van der Waals surface area contributed by atoms with E-state index in [1.54, 1.807) is 6.07 Å². The van der Waals surface area contributed by atoms with E-state index in [0.717, 1.165) is 24.6 Å². The van der Waals surface area contributed by atoms with Gasteiger partial charge in [0, 0.05) is 17.1 Å². The molecule has 1 aromatic rings. The molecule has 0 fully saturated rings. The summed E-state index contributed by atoms with van der Waals surface area (Å²) in [4.78, 5) is 23.4. The van der Waals surface area contributed by atoms with Crippen LogP contribution in [0.15, 0.2) is 23.1 Å². The Kier molecular flexibility index (Phi) is 6.86. The third-order valence-corrected chi connectivity index (χ3v) is 3.31. The number of benzene rings is 1. The first kappa shape index (κ1) is 16.3. The van der Waals surface area contributed by atoms with E-state index in [9.17, 15) is 14.0 Å². The van der Waals surface area contributed by atoms with Crippen molar-refractivity contribution in [2.45, 2.75) is 24.7 Å². The van der Waals surface area contributed by atoms with Gasteiger partial charge in [-0.15, -0.1) is 11.8 Å². The molecule has 0 atom stereocenters. The quantitative estimate of drug-likeness (QED) is 0.427. The van der Waals surface area contributed by atoms with Crippen molar-refractivity contribution >= 4 is 29.4 Å². The van der Waals surface area contributed by atoms with Crippen molar-refractivity contribution in [1.29, 1.82) is 0 Å². The number of halogens is 1. The van der Waals surface area contributed by atoms with Crippen LogP contribution in [0.1, 0.15) is 19.8 Å².